The Hall–Kier alpha value is -2.61. The fourth-order valence-corrected chi connectivity index (χ4v) is 4.77. The molecule has 1 unspecified atom stereocenters. The second-order valence-corrected chi connectivity index (χ2v) is 8.47. The van der Waals surface area contributed by atoms with E-state index in [1.54, 1.807) is 20.3 Å². The van der Waals surface area contributed by atoms with Crippen LogP contribution in [0.5, 0.6) is 0 Å². The van der Waals surface area contributed by atoms with Crippen molar-refractivity contribution in [2.24, 2.45) is 0 Å². The van der Waals surface area contributed by atoms with Crippen LogP contribution in [0.4, 0.5) is 0 Å². The zero-order valence-electron chi connectivity index (χ0n) is 17.0. The lowest BCUT2D eigenvalue weighted by Crippen LogP contribution is -2.32. The maximum Gasteiger partial charge on any atom is 0.265 e. The zero-order valence-corrected chi connectivity index (χ0v) is 17.8. The minimum atomic E-state index is -0.169. The molecule has 0 fully saturated rings. The smallest absolute Gasteiger partial charge is 0.265 e. The van der Waals surface area contributed by atoms with Crippen LogP contribution in [-0.4, -0.2) is 49.5 Å². The molecule has 8 heteroatoms. The SMILES string of the molecule is CCCCN(C)C(=O)CC1CSc2nc3c(cnn3-c3ccccc3C)c(=O)n21. The molecule has 2 aromatic heterocycles. The number of benzene rings is 1. The summed E-state index contributed by atoms with van der Waals surface area (Å²) in [6.45, 7) is 4.86. The van der Waals surface area contributed by atoms with E-state index in [4.69, 9.17) is 4.98 Å². The molecule has 1 aromatic carbocycles. The lowest BCUT2D eigenvalue weighted by molar-refractivity contribution is -0.130. The van der Waals surface area contributed by atoms with Crippen molar-refractivity contribution in [3.63, 3.8) is 0 Å². The highest BCUT2D eigenvalue weighted by Gasteiger charge is 2.30. The van der Waals surface area contributed by atoms with Crippen molar-refractivity contribution in [1.82, 2.24) is 24.2 Å². The van der Waals surface area contributed by atoms with Crippen molar-refractivity contribution in [3.05, 3.63) is 46.4 Å². The molecule has 0 saturated heterocycles. The second-order valence-electron chi connectivity index (χ2n) is 7.49. The number of aromatic nitrogens is 4. The molecule has 1 atom stereocenters. The predicted octanol–water partition coefficient (Wildman–Crippen LogP) is 3.19. The van der Waals surface area contributed by atoms with Gasteiger partial charge in [-0.2, -0.15) is 5.10 Å². The normalized spacial score (nSPS) is 15.6. The zero-order chi connectivity index (χ0) is 20.5. The summed E-state index contributed by atoms with van der Waals surface area (Å²) in [7, 11) is 1.83. The molecule has 0 radical (unpaired) electrons. The lowest BCUT2D eigenvalue weighted by atomic mass is 10.2. The first-order chi connectivity index (χ1) is 14.0. The molecule has 7 nitrogen and oxygen atoms in total. The van der Waals surface area contributed by atoms with Crippen LogP contribution >= 0.6 is 11.8 Å². The molecule has 152 valence electrons. The molecule has 0 bridgehead atoms. The van der Waals surface area contributed by atoms with Crippen LogP contribution in [0.25, 0.3) is 16.7 Å². The van der Waals surface area contributed by atoms with E-state index in [1.807, 2.05) is 38.2 Å². The third-order valence-electron chi connectivity index (χ3n) is 5.40. The number of unbranched alkanes of at least 4 members (excludes halogenated alkanes) is 1. The van der Waals surface area contributed by atoms with Gasteiger partial charge in [0.1, 0.15) is 5.39 Å². The molecule has 1 amide bonds. The van der Waals surface area contributed by atoms with Crippen LogP contribution in [0.2, 0.25) is 0 Å². The average Bonchev–Trinajstić information content (AvgIpc) is 3.31. The van der Waals surface area contributed by atoms with Gasteiger partial charge in [-0.15, -0.1) is 0 Å². The highest BCUT2D eigenvalue weighted by atomic mass is 32.2. The number of aryl methyl sites for hydroxylation is 1. The molecule has 29 heavy (non-hydrogen) atoms. The minimum Gasteiger partial charge on any atom is -0.346 e. The molecule has 3 heterocycles. The highest BCUT2D eigenvalue weighted by molar-refractivity contribution is 7.99. The van der Waals surface area contributed by atoms with Crippen LogP contribution in [0, 0.1) is 6.92 Å². The van der Waals surface area contributed by atoms with Crippen molar-refractivity contribution in [2.75, 3.05) is 19.3 Å². The molecule has 4 rings (SSSR count). The van der Waals surface area contributed by atoms with E-state index in [1.165, 1.54) is 11.8 Å². The third-order valence-corrected chi connectivity index (χ3v) is 6.49. The van der Waals surface area contributed by atoms with Gasteiger partial charge in [-0.05, 0) is 25.0 Å². The van der Waals surface area contributed by atoms with Crippen molar-refractivity contribution in [3.8, 4) is 5.69 Å². The quantitative estimate of drug-likeness (QED) is 0.583. The van der Waals surface area contributed by atoms with Crippen LogP contribution < -0.4 is 5.56 Å². The van der Waals surface area contributed by atoms with E-state index >= 15 is 0 Å². The van der Waals surface area contributed by atoms with Crippen LogP contribution in [0.15, 0.2) is 40.4 Å². The first-order valence-corrected chi connectivity index (χ1v) is 10.9. The van der Waals surface area contributed by atoms with Crippen LogP contribution in [0.3, 0.4) is 0 Å². The van der Waals surface area contributed by atoms with Gasteiger partial charge in [0, 0.05) is 25.8 Å². The van der Waals surface area contributed by atoms with Gasteiger partial charge in [0.25, 0.3) is 5.56 Å². The Labute approximate surface area is 173 Å². The maximum absolute atomic E-state index is 13.2. The summed E-state index contributed by atoms with van der Waals surface area (Å²) in [5.41, 5.74) is 2.41. The Morgan fingerprint density at radius 3 is 2.90 bits per heavy atom. The summed E-state index contributed by atoms with van der Waals surface area (Å²) in [5.74, 6) is 0.750. The van der Waals surface area contributed by atoms with Gasteiger partial charge >= 0.3 is 0 Å². The fraction of sp³-hybridized carbons (Fsp3) is 0.429. The van der Waals surface area contributed by atoms with Crippen LogP contribution in [-0.2, 0) is 4.79 Å². The Morgan fingerprint density at radius 2 is 2.14 bits per heavy atom. The van der Waals surface area contributed by atoms with Gasteiger partial charge in [0.2, 0.25) is 5.91 Å². The molecule has 0 N–H and O–H groups in total. The minimum absolute atomic E-state index is 0.0690. The van der Waals surface area contributed by atoms with E-state index in [2.05, 4.69) is 12.0 Å². The van der Waals surface area contributed by atoms with Crippen molar-refractivity contribution in [2.45, 2.75) is 44.3 Å². The van der Waals surface area contributed by atoms with E-state index in [-0.39, 0.29) is 17.5 Å². The molecule has 1 aliphatic rings. The molecule has 0 spiro atoms. The van der Waals surface area contributed by atoms with Gasteiger partial charge in [0.15, 0.2) is 10.8 Å². The first-order valence-electron chi connectivity index (χ1n) is 9.94. The number of amides is 1. The van der Waals surface area contributed by atoms with Crippen molar-refractivity contribution < 1.29 is 4.79 Å². The third kappa shape index (κ3) is 3.57. The molecular weight excluding hydrogens is 386 g/mol. The fourth-order valence-electron chi connectivity index (χ4n) is 3.64. The van der Waals surface area contributed by atoms with E-state index in [0.29, 0.717) is 28.4 Å². The number of thioether (sulfide) groups is 1. The second kappa shape index (κ2) is 8.02. The number of carbonyl (C=O) groups is 1. The topological polar surface area (TPSA) is 73.0 Å². The van der Waals surface area contributed by atoms with Crippen molar-refractivity contribution in [1.29, 1.82) is 0 Å². The summed E-state index contributed by atoms with van der Waals surface area (Å²) in [6, 6.07) is 7.72. The van der Waals surface area contributed by atoms with Crippen molar-refractivity contribution >= 4 is 28.7 Å². The summed E-state index contributed by atoms with van der Waals surface area (Å²) >= 11 is 1.53. The molecule has 0 aliphatic carbocycles. The largest absolute Gasteiger partial charge is 0.346 e. The maximum atomic E-state index is 13.2. The highest BCUT2D eigenvalue weighted by Crippen LogP contribution is 2.33. The Kier molecular flexibility index (Phi) is 5.45. The monoisotopic (exact) mass is 411 g/mol. The Morgan fingerprint density at radius 1 is 1.34 bits per heavy atom. The summed E-state index contributed by atoms with van der Waals surface area (Å²) in [5, 5.41) is 5.57. The van der Waals surface area contributed by atoms with Crippen LogP contribution in [0.1, 0.15) is 37.8 Å². The standard InChI is InChI=1S/C21H25N5O2S/c1-4-5-10-24(3)18(27)11-15-13-29-21-23-19-16(20(28)25(15)21)12-22-26(19)17-9-7-6-8-14(17)2/h6-9,12,15H,4-5,10-11,13H2,1-3H3. The van der Waals surface area contributed by atoms with Gasteiger partial charge in [-0.25, -0.2) is 9.67 Å². The number of carbonyl (C=O) groups excluding carboxylic acids is 1. The number of nitrogens with zero attached hydrogens (tertiary/aromatic N) is 5. The lowest BCUT2D eigenvalue weighted by Gasteiger charge is -2.20. The first kappa shape index (κ1) is 19.7. The van der Waals surface area contributed by atoms with E-state index in [9.17, 15) is 9.59 Å². The number of fused-ring (bicyclic) bond motifs is 2. The molecule has 0 saturated carbocycles. The van der Waals surface area contributed by atoms with Gasteiger partial charge in [0.05, 0.1) is 17.9 Å². The summed E-state index contributed by atoms with van der Waals surface area (Å²) < 4.78 is 3.41. The van der Waals surface area contributed by atoms with Gasteiger partial charge in [-0.1, -0.05) is 43.3 Å². The number of hydrogen-bond donors (Lipinski definition) is 0. The number of rotatable bonds is 6. The van der Waals surface area contributed by atoms with E-state index < -0.39 is 0 Å². The molecular formula is C21H25N5O2S. The summed E-state index contributed by atoms with van der Waals surface area (Å²) in [6.07, 6.45) is 3.93. The molecule has 1 aliphatic heterocycles. The molecule has 3 aromatic rings. The van der Waals surface area contributed by atoms with E-state index in [0.717, 1.165) is 30.6 Å². The summed E-state index contributed by atoms with van der Waals surface area (Å²) in [4.78, 5) is 32.3. The number of para-hydroxylation sites is 1. The predicted molar refractivity (Wildman–Crippen MR) is 115 cm³/mol. The average molecular weight is 412 g/mol. The van der Waals surface area contributed by atoms with Gasteiger partial charge < -0.3 is 4.90 Å². The number of hydrogen-bond acceptors (Lipinski definition) is 5. The Bertz CT molecular complexity index is 1120. The van der Waals surface area contributed by atoms with Gasteiger partial charge in [-0.3, -0.25) is 14.2 Å². The Balaban J connectivity index is 1.68.